The molecule has 3 rings (SSSR count). The highest BCUT2D eigenvalue weighted by atomic mass is 35.5. The SMILES string of the molecule is Nc1nc2cc3ccccc3cc2[nH]c1=O.[Cl-]. The van der Waals surface area contributed by atoms with Gasteiger partial charge in [-0.3, -0.25) is 4.79 Å². The minimum absolute atomic E-state index is 0. The van der Waals surface area contributed by atoms with Crippen LogP contribution in [0.4, 0.5) is 5.82 Å². The Labute approximate surface area is 103 Å². The van der Waals surface area contributed by atoms with Crippen molar-refractivity contribution < 1.29 is 12.4 Å². The van der Waals surface area contributed by atoms with Crippen molar-refractivity contribution in [3.8, 4) is 0 Å². The highest BCUT2D eigenvalue weighted by Gasteiger charge is 2.02. The van der Waals surface area contributed by atoms with Gasteiger partial charge in [-0.1, -0.05) is 24.3 Å². The van der Waals surface area contributed by atoms with Gasteiger partial charge in [0.1, 0.15) is 0 Å². The molecule has 17 heavy (non-hydrogen) atoms. The van der Waals surface area contributed by atoms with Crippen LogP contribution in [0.1, 0.15) is 0 Å². The van der Waals surface area contributed by atoms with Crippen LogP contribution in [-0.2, 0) is 0 Å². The third-order valence-corrected chi connectivity index (χ3v) is 2.59. The maximum Gasteiger partial charge on any atom is 0.290 e. The summed E-state index contributed by atoms with van der Waals surface area (Å²) < 4.78 is 0. The lowest BCUT2D eigenvalue weighted by molar-refractivity contribution is -0.00000333. The number of nitrogens with two attached hydrogens (primary N) is 1. The maximum atomic E-state index is 11.3. The molecule has 0 aliphatic heterocycles. The molecule has 0 unspecified atom stereocenters. The molecule has 3 aromatic rings. The Morgan fingerprint density at radius 1 is 1.12 bits per heavy atom. The molecule has 0 fully saturated rings. The summed E-state index contributed by atoms with van der Waals surface area (Å²) in [7, 11) is 0. The van der Waals surface area contributed by atoms with E-state index in [0.717, 1.165) is 10.8 Å². The Balaban J connectivity index is 0.00000108. The van der Waals surface area contributed by atoms with E-state index >= 15 is 0 Å². The topological polar surface area (TPSA) is 71.8 Å². The molecule has 0 radical (unpaired) electrons. The second-order valence-electron chi connectivity index (χ2n) is 3.67. The molecule has 1 heterocycles. The van der Waals surface area contributed by atoms with Crippen molar-refractivity contribution in [2.24, 2.45) is 0 Å². The monoisotopic (exact) mass is 246 g/mol. The number of anilines is 1. The number of hydrogen-bond acceptors (Lipinski definition) is 3. The lowest BCUT2D eigenvalue weighted by Crippen LogP contribution is -3.00. The summed E-state index contributed by atoms with van der Waals surface area (Å²) in [4.78, 5) is 18.1. The fraction of sp³-hybridized carbons (Fsp3) is 0. The molecule has 86 valence electrons. The summed E-state index contributed by atoms with van der Waals surface area (Å²) in [6, 6.07) is 11.7. The first-order valence-corrected chi connectivity index (χ1v) is 4.92. The minimum Gasteiger partial charge on any atom is -1.00 e. The summed E-state index contributed by atoms with van der Waals surface area (Å²) in [5.74, 6) is 0.00258. The first kappa shape index (κ1) is 11.4. The number of rotatable bonds is 0. The van der Waals surface area contributed by atoms with Gasteiger partial charge >= 0.3 is 0 Å². The molecular formula is C12H9ClN3O-. The third kappa shape index (κ3) is 1.83. The lowest BCUT2D eigenvalue weighted by atomic mass is 10.1. The summed E-state index contributed by atoms with van der Waals surface area (Å²) in [5.41, 5.74) is 6.54. The zero-order valence-corrected chi connectivity index (χ0v) is 9.53. The zero-order valence-electron chi connectivity index (χ0n) is 8.77. The largest absolute Gasteiger partial charge is 1.00 e. The number of benzene rings is 2. The van der Waals surface area contributed by atoms with Crippen molar-refractivity contribution in [1.82, 2.24) is 9.97 Å². The fourth-order valence-corrected chi connectivity index (χ4v) is 1.79. The molecule has 1 aromatic heterocycles. The van der Waals surface area contributed by atoms with E-state index in [1.165, 1.54) is 0 Å². The van der Waals surface area contributed by atoms with Crippen LogP contribution in [0.3, 0.4) is 0 Å². The van der Waals surface area contributed by atoms with Crippen LogP contribution in [0.15, 0.2) is 41.2 Å². The van der Waals surface area contributed by atoms with E-state index in [4.69, 9.17) is 5.73 Å². The van der Waals surface area contributed by atoms with Crippen molar-refractivity contribution >= 4 is 27.6 Å². The average Bonchev–Trinajstić information content (AvgIpc) is 2.28. The van der Waals surface area contributed by atoms with Crippen molar-refractivity contribution in [2.45, 2.75) is 0 Å². The van der Waals surface area contributed by atoms with Crippen LogP contribution in [0, 0.1) is 0 Å². The Morgan fingerprint density at radius 3 is 2.47 bits per heavy atom. The maximum absolute atomic E-state index is 11.3. The van der Waals surface area contributed by atoms with E-state index in [1.807, 2.05) is 36.4 Å². The van der Waals surface area contributed by atoms with E-state index in [0.29, 0.717) is 11.0 Å². The van der Waals surface area contributed by atoms with Crippen molar-refractivity contribution in [2.75, 3.05) is 5.73 Å². The van der Waals surface area contributed by atoms with Gasteiger partial charge in [0.25, 0.3) is 5.56 Å². The van der Waals surface area contributed by atoms with E-state index in [1.54, 1.807) is 0 Å². The van der Waals surface area contributed by atoms with Crippen molar-refractivity contribution in [1.29, 1.82) is 0 Å². The van der Waals surface area contributed by atoms with Crippen LogP contribution >= 0.6 is 0 Å². The molecule has 0 aliphatic rings. The molecule has 0 saturated carbocycles. The number of nitrogen functional groups attached to an aromatic ring is 1. The van der Waals surface area contributed by atoms with Crippen LogP contribution in [0.5, 0.6) is 0 Å². The molecule has 0 spiro atoms. The Bertz CT molecular complexity index is 751. The number of nitrogens with zero attached hydrogens (tertiary/aromatic N) is 1. The molecule has 0 saturated heterocycles. The summed E-state index contributed by atoms with van der Waals surface area (Å²) in [6.45, 7) is 0. The van der Waals surface area contributed by atoms with Crippen molar-refractivity contribution in [3.63, 3.8) is 0 Å². The molecule has 2 aromatic carbocycles. The molecule has 0 aliphatic carbocycles. The fourth-order valence-electron chi connectivity index (χ4n) is 1.79. The molecule has 0 bridgehead atoms. The van der Waals surface area contributed by atoms with E-state index < -0.39 is 0 Å². The van der Waals surface area contributed by atoms with Gasteiger partial charge in [0.05, 0.1) is 11.0 Å². The van der Waals surface area contributed by atoms with Crippen molar-refractivity contribution in [3.05, 3.63) is 46.8 Å². The van der Waals surface area contributed by atoms with Crippen LogP contribution in [-0.4, -0.2) is 9.97 Å². The number of aromatic amines is 1. The predicted molar refractivity (Wildman–Crippen MR) is 64.3 cm³/mol. The van der Waals surface area contributed by atoms with E-state index in [9.17, 15) is 4.79 Å². The van der Waals surface area contributed by atoms with Gasteiger partial charge in [0.2, 0.25) is 0 Å². The normalized spacial score (nSPS) is 10.4. The van der Waals surface area contributed by atoms with Crippen LogP contribution < -0.4 is 23.7 Å². The number of hydrogen-bond donors (Lipinski definition) is 2. The van der Waals surface area contributed by atoms with Gasteiger partial charge in [-0.25, -0.2) is 4.98 Å². The molecule has 4 nitrogen and oxygen atoms in total. The second-order valence-corrected chi connectivity index (χ2v) is 3.67. The zero-order chi connectivity index (χ0) is 11.1. The Hall–Kier alpha value is -2.07. The van der Waals surface area contributed by atoms with Crippen LogP contribution in [0.25, 0.3) is 21.8 Å². The predicted octanol–water partition coefficient (Wildman–Crippen LogP) is -1.34. The number of nitrogens with one attached hydrogen (secondary N) is 1. The first-order valence-electron chi connectivity index (χ1n) is 4.92. The molecule has 5 heteroatoms. The third-order valence-electron chi connectivity index (χ3n) is 2.59. The highest BCUT2D eigenvalue weighted by molar-refractivity contribution is 5.94. The average molecular weight is 247 g/mol. The number of aromatic nitrogens is 2. The van der Waals surface area contributed by atoms with Gasteiger partial charge in [-0.2, -0.15) is 0 Å². The van der Waals surface area contributed by atoms with Gasteiger partial charge < -0.3 is 23.1 Å². The summed E-state index contributed by atoms with van der Waals surface area (Å²) in [6.07, 6.45) is 0. The highest BCUT2D eigenvalue weighted by Crippen LogP contribution is 2.19. The van der Waals surface area contributed by atoms with Gasteiger partial charge in [0.15, 0.2) is 5.82 Å². The summed E-state index contributed by atoms with van der Waals surface area (Å²) >= 11 is 0. The van der Waals surface area contributed by atoms with E-state index in [-0.39, 0.29) is 23.8 Å². The van der Waals surface area contributed by atoms with Gasteiger partial charge in [0, 0.05) is 0 Å². The lowest BCUT2D eigenvalue weighted by Gasteiger charge is -2.01. The number of halogens is 1. The second kappa shape index (κ2) is 4.07. The Morgan fingerprint density at radius 2 is 1.76 bits per heavy atom. The molecule has 0 atom stereocenters. The number of fused-ring (bicyclic) bond motifs is 2. The Kier molecular flexibility index (Phi) is 2.73. The standard InChI is InChI=1S/C12H9N3O.ClH/c13-11-12(16)15-10-6-8-4-2-1-3-7(8)5-9(10)14-11;/h1-6H,(H2,13,14)(H,15,16);1H/p-1. The molecule has 3 N–H and O–H groups in total. The number of H-pyrrole nitrogens is 1. The molecule has 0 amide bonds. The van der Waals surface area contributed by atoms with Crippen LogP contribution in [0.2, 0.25) is 0 Å². The first-order chi connectivity index (χ1) is 7.74. The van der Waals surface area contributed by atoms with Gasteiger partial charge in [-0.15, -0.1) is 0 Å². The summed E-state index contributed by atoms with van der Waals surface area (Å²) in [5, 5.41) is 2.14. The quantitative estimate of drug-likeness (QED) is 0.483. The molecular weight excluding hydrogens is 238 g/mol. The smallest absolute Gasteiger partial charge is 0.290 e. The van der Waals surface area contributed by atoms with Gasteiger partial charge in [-0.05, 0) is 22.9 Å². The van der Waals surface area contributed by atoms with E-state index in [2.05, 4.69) is 9.97 Å². The minimum atomic E-state index is -0.345.